The number of hydrogen-bond donors (Lipinski definition) is 2. The molecule has 2 aromatic carbocycles. The molecule has 0 aliphatic carbocycles. The Morgan fingerprint density at radius 3 is 2.54 bits per heavy atom. The Labute approximate surface area is 152 Å². The van der Waals surface area contributed by atoms with Crippen LogP contribution in [-0.4, -0.2) is 23.3 Å². The second kappa shape index (κ2) is 8.25. The number of fused-ring (bicyclic) bond motifs is 1. The van der Waals surface area contributed by atoms with Crippen LogP contribution in [0, 0.1) is 0 Å². The van der Waals surface area contributed by atoms with Gasteiger partial charge in [0.25, 0.3) is 0 Å². The monoisotopic (exact) mass is 347 g/mol. The first-order valence-corrected chi connectivity index (χ1v) is 8.57. The summed E-state index contributed by atoms with van der Waals surface area (Å²) in [6.07, 6.45) is 2.84. The smallest absolute Gasteiger partial charge is 0.224 e. The summed E-state index contributed by atoms with van der Waals surface area (Å²) >= 11 is 0. The van der Waals surface area contributed by atoms with E-state index in [9.17, 15) is 9.59 Å². The van der Waals surface area contributed by atoms with Crippen LogP contribution in [0.15, 0.2) is 60.8 Å². The zero-order chi connectivity index (χ0) is 18.4. The van der Waals surface area contributed by atoms with Gasteiger partial charge in [-0.2, -0.15) is 0 Å². The molecule has 0 aliphatic heterocycles. The van der Waals surface area contributed by atoms with E-state index >= 15 is 0 Å². The van der Waals surface area contributed by atoms with Crippen molar-refractivity contribution in [1.82, 2.24) is 10.3 Å². The van der Waals surface area contributed by atoms with Gasteiger partial charge in [-0.05, 0) is 35.7 Å². The zero-order valence-electron chi connectivity index (χ0n) is 14.7. The van der Waals surface area contributed by atoms with E-state index in [0.717, 1.165) is 34.1 Å². The third-order valence-corrected chi connectivity index (χ3v) is 4.07. The number of amides is 2. The summed E-state index contributed by atoms with van der Waals surface area (Å²) in [5.74, 6) is -0.135. The Bertz CT molecular complexity index is 915. The second-order valence-corrected chi connectivity index (χ2v) is 6.15. The van der Waals surface area contributed by atoms with Crippen LogP contribution in [0.5, 0.6) is 0 Å². The Morgan fingerprint density at radius 2 is 1.77 bits per heavy atom. The van der Waals surface area contributed by atoms with Crippen molar-refractivity contribution in [1.29, 1.82) is 0 Å². The normalized spacial score (nSPS) is 10.5. The van der Waals surface area contributed by atoms with Crippen molar-refractivity contribution in [2.45, 2.75) is 19.8 Å². The molecule has 0 bridgehead atoms. The highest BCUT2D eigenvalue weighted by molar-refractivity contribution is 5.88. The molecule has 26 heavy (non-hydrogen) atoms. The molecular formula is C21H21N3O2. The number of pyridine rings is 1. The molecule has 1 heterocycles. The minimum Gasteiger partial charge on any atom is -0.355 e. The number of hydrogen-bond acceptors (Lipinski definition) is 3. The summed E-state index contributed by atoms with van der Waals surface area (Å²) in [7, 11) is 0. The van der Waals surface area contributed by atoms with Gasteiger partial charge in [-0.3, -0.25) is 14.6 Å². The van der Waals surface area contributed by atoms with Crippen molar-refractivity contribution >= 4 is 28.4 Å². The lowest BCUT2D eigenvalue weighted by Gasteiger charge is -2.08. The SMILES string of the molecule is CC(=O)Nc1ccc(CC(=O)NCCc2cccc3cccnc23)cc1. The molecule has 5 heteroatoms. The molecule has 0 fully saturated rings. The summed E-state index contributed by atoms with van der Waals surface area (Å²) in [6, 6.07) is 17.3. The number of rotatable bonds is 6. The first kappa shape index (κ1) is 17.6. The van der Waals surface area contributed by atoms with E-state index in [4.69, 9.17) is 0 Å². The molecule has 0 unspecified atom stereocenters. The first-order valence-electron chi connectivity index (χ1n) is 8.57. The minimum atomic E-state index is -0.113. The van der Waals surface area contributed by atoms with E-state index in [1.165, 1.54) is 6.92 Å². The van der Waals surface area contributed by atoms with E-state index in [1.807, 2.05) is 42.5 Å². The molecule has 0 radical (unpaired) electrons. The Morgan fingerprint density at radius 1 is 1.00 bits per heavy atom. The third kappa shape index (κ3) is 4.66. The lowest BCUT2D eigenvalue weighted by Crippen LogP contribution is -2.27. The maximum Gasteiger partial charge on any atom is 0.224 e. The summed E-state index contributed by atoms with van der Waals surface area (Å²) < 4.78 is 0. The van der Waals surface area contributed by atoms with E-state index in [1.54, 1.807) is 18.3 Å². The highest BCUT2D eigenvalue weighted by atomic mass is 16.2. The van der Waals surface area contributed by atoms with Crippen LogP contribution in [0.4, 0.5) is 5.69 Å². The van der Waals surface area contributed by atoms with Crippen LogP contribution in [0.1, 0.15) is 18.1 Å². The van der Waals surface area contributed by atoms with Gasteiger partial charge in [-0.1, -0.05) is 36.4 Å². The number of benzene rings is 2. The molecule has 132 valence electrons. The van der Waals surface area contributed by atoms with Crippen LogP contribution in [0.25, 0.3) is 10.9 Å². The lowest BCUT2D eigenvalue weighted by atomic mass is 10.1. The van der Waals surface area contributed by atoms with Gasteiger partial charge in [0.2, 0.25) is 11.8 Å². The molecular weight excluding hydrogens is 326 g/mol. The molecule has 3 rings (SSSR count). The Kier molecular flexibility index (Phi) is 5.59. The molecule has 2 N–H and O–H groups in total. The summed E-state index contributed by atoms with van der Waals surface area (Å²) in [5, 5.41) is 6.77. The lowest BCUT2D eigenvalue weighted by molar-refractivity contribution is -0.120. The zero-order valence-corrected chi connectivity index (χ0v) is 14.7. The molecule has 3 aromatic rings. The fourth-order valence-electron chi connectivity index (χ4n) is 2.86. The number of anilines is 1. The van der Waals surface area contributed by atoms with Gasteiger partial charge in [-0.15, -0.1) is 0 Å². The van der Waals surface area contributed by atoms with Gasteiger partial charge in [0.15, 0.2) is 0 Å². The average molecular weight is 347 g/mol. The van der Waals surface area contributed by atoms with Crippen LogP contribution in [0.2, 0.25) is 0 Å². The molecule has 0 saturated carbocycles. The molecule has 0 aliphatic rings. The van der Waals surface area contributed by atoms with Crippen LogP contribution < -0.4 is 10.6 Å². The fourth-order valence-corrected chi connectivity index (χ4v) is 2.86. The van der Waals surface area contributed by atoms with Crippen LogP contribution in [-0.2, 0) is 22.4 Å². The summed E-state index contributed by atoms with van der Waals surface area (Å²) in [4.78, 5) is 27.6. The topological polar surface area (TPSA) is 71.1 Å². The Balaban J connectivity index is 1.52. The minimum absolute atomic E-state index is 0.0227. The van der Waals surface area contributed by atoms with Gasteiger partial charge in [0.05, 0.1) is 11.9 Å². The predicted molar refractivity (Wildman–Crippen MR) is 103 cm³/mol. The predicted octanol–water partition coefficient (Wildman–Crippen LogP) is 3.09. The van der Waals surface area contributed by atoms with Crippen LogP contribution in [0.3, 0.4) is 0 Å². The van der Waals surface area contributed by atoms with Crippen LogP contribution >= 0.6 is 0 Å². The van der Waals surface area contributed by atoms with Crippen molar-refractivity contribution in [2.75, 3.05) is 11.9 Å². The maximum atomic E-state index is 12.1. The van der Waals surface area contributed by atoms with Crippen molar-refractivity contribution in [2.24, 2.45) is 0 Å². The number of carbonyl (C=O) groups excluding carboxylic acids is 2. The summed E-state index contributed by atoms with van der Waals surface area (Å²) in [6.45, 7) is 2.03. The van der Waals surface area contributed by atoms with Crippen molar-refractivity contribution < 1.29 is 9.59 Å². The van der Waals surface area contributed by atoms with Crippen molar-refractivity contribution in [3.8, 4) is 0 Å². The molecule has 0 spiro atoms. The molecule has 5 nitrogen and oxygen atoms in total. The Hall–Kier alpha value is -3.21. The average Bonchev–Trinajstić information content (AvgIpc) is 2.63. The van der Waals surface area contributed by atoms with Gasteiger partial charge < -0.3 is 10.6 Å². The largest absolute Gasteiger partial charge is 0.355 e. The van der Waals surface area contributed by atoms with Crippen molar-refractivity contribution in [3.63, 3.8) is 0 Å². The fraction of sp³-hybridized carbons (Fsp3) is 0.190. The summed E-state index contributed by atoms with van der Waals surface area (Å²) in [5.41, 5.74) is 3.74. The second-order valence-electron chi connectivity index (χ2n) is 6.15. The van der Waals surface area contributed by atoms with Gasteiger partial charge >= 0.3 is 0 Å². The standard InChI is InChI=1S/C21H21N3O2/c1-15(25)24-19-9-7-16(8-10-19)14-20(26)22-13-11-18-5-2-4-17-6-3-12-23-21(17)18/h2-10,12H,11,13-14H2,1H3,(H,22,26)(H,24,25). The number of para-hydroxylation sites is 1. The maximum absolute atomic E-state index is 12.1. The van der Waals surface area contributed by atoms with E-state index in [-0.39, 0.29) is 11.8 Å². The van der Waals surface area contributed by atoms with Gasteiger partial charge in [0, 0.05) is 30.7 Å². The molecule has 0 saturated heterocycles. The van der Waals surface area contributed by atoms with E-state index < -0.39 is 0 Å². The number of carbonyl (C=O) groups is 2. The quantitative estimate of drug-likeness (QED) is 0.720. The number of nitrogens with zero attached hydrogens (tertiary/aromatic N) is 1. The molecule has 0 atom stereocenters. The third-order valence-electron chi connectivity index (χ3n) is 4.07. The van der Waals surface area contributed by atoms with Crippen molar-refractivity contribution in [3.05, 3.63) is 71.9 Å². The van der Waals surface area contributed by atoms with E-state index in [0.29, 0.717) is 13.0 Å². The number of nitrogens with one attached hydrogen (secondary N) is 2. The van der Waals surface area contributed by atoms with Gasteiger partial charge in [-0.25, -0.2) is 0 Å². The molecule has 2 amide bonds. The first-order chi connectivity index (χ1) is 12.6. The molecule has 1 aromatic heterocycles. The highest BCUT2D eigenvalue weighted by Crippen LogP contribution is 2.16. The number of aromatic nitrogens is 1. The van der Waals surface area contributed by atoms with Gasteiger partial charge in [0.1, 0.15) is 0 Å². The van der Waals surface area contributed by atoms with E-state index in [2.05, 4.69) is 15.6 Å². The highest BCUT2D eigenvalue weighted by Gasteiger charge is 2.06.